The third kappa shape index (κ3) is 2.81. The molecule has 0 bridgehead atoms. The van der Waals surface area contributed by atoms with Crippen molar-refractivity contribution in [3.05, 3.63) is 22.7 Å². The molecule has 18 heavy (non-hydrogen) atoms. The number of halogens is 1. The molecule has 0 spiro atoms. The summed E-state index contributed by atoms with van der Waals surface area (Å²) < 4.78 is 6.37. The average Bonchev–Trinajstić information content (AvgIpc) is 2.39. The normalized spacial score (nSPS) is 24.1. The molecule has 1 aliphatic rings. The Balaban J connectivity index is 2.21. The van der Waals surface area contributed by atoms with Crippen molar-refractivity contribution in [2.45, 2.75) is 25.8 Å². The van der Waals surface area contributed by atoms with Gasteiger partial charge in [-0.15, -0.1) is 0 Å². The first kappa shape index (κ1) is 13.7. The Morgan fingerprint density at radius 2 is 2.28 bits per heavy atom. The van der Waals surface area contributed by atoms with Crippen LogP contribution in [0.3, 0.4) is 0 Å². The molecule has 1 unspecified atom stereocenters. The molecule has 0 aliphatic carbocycles. The Morgan fingerprint density at radius 3 is 2.94 bits per heavy atom. The molecule has 1 fully saturated rings. The van der Waals surface area contributed by atoms with Gasteiger partial charge < -0.3 is 15.0 Å². The zero-order valence-electron chi connectivity index (χ0n) is 11.3. The highest BCUT2D eigenvalue weighted by molar-refractivity contribution is 9.10. The fraction of sp³-hybridized carbons (Fsp3) is 0.571. The zero-order valence-corrected chi connectivity index (χ0v) is 12.9. The van der Waals surface area contributed by atoms with Crippen LogP contribution in [0.15, 0.2) is 22.7 Å². The fourth-order valence-electron chi connectivity index (χ4n) is 2.35. The van der Waals surface area contributed by atoms with Crippen LogP contribution in [0.2, 0.25) is 0 Å². The number of nitrogens with zero attached hydrogens (tertiary/aromatic N) is 1. The van der Waals surface area contributed by atoms with E-state index in [1.54, 1.807) is 7.11 Å². The van der Waals surface area contributed by atoms with Crippen LogP contribution in [0.25, 0.3) is 0 Å². The second-order valence-electron chi connectivity index (χ2n) is 5.08. The lowest BCUT2D eigenvalue weighted by molar-refractivity contribution is 0.314. The molecule has 0 aromatic heterocycles. The Morgan fingerprint density at radius 1 is 1.50 bits per heavy atom. The van der Waals surface area contributed by atoms with Crippen LogP contribution in [0.1, 0.15) is 20.3 Å². The van der Waals surface area contributed by atoms with E-state index in [0.29, 0.717) is 0 Å². The van der Waals surface area contributed by atoms with E-state index < -0.39 is 0 Å². The van der Waals surface area contributed by atoms with Gasteiger partial charge in [0.2, 0.25) is 0 Å². The van der Waals surface area contributed by atoms with Crippen LogP contribution < -0.4 is 15.0 Å². The van der Waals surface area contributed by atoms with Gasteiger partial charge in [0, 0.05) is 36.9 Å². The van der Waals surface area contributed by atoms with E-state index in [-0.39, 0.29) is 5.54 Å². The molecule has 1 atom stereocenters. The number of anilines is 1. The van der Waals surface area contributed by atoms with Gasteiger partial charge in [-0.25, -0.2) is 0 Å². The van der Waals surface area contributed by atoms with Gasteiger partial charge in [-0.2, -0.15) is 0 Å². The van der Waals surface area contributed by atoms with Gasteiger partial charge >= 0.3 is 0 Å². The maximum atomic E-state index is 5.37. The van der Waals surface area contributed by atoms with Gasteiger partial charge in [0.05, 0.1) is 11.6 Å². The predicted molar refractivity (Wildman–Crippen MR) is 79.6 cm³/mol. The van der Waals surface area contributed by atoms with E-state index >= 15 is 0 Å². The molecular weight excluding hydrogens is 292 g/mol. The summed E-state index contributed by atoms with van der Waals surface area (Å²) in [6.45, 7) is 7.63. The van der Waals surface area contributed by atoms with Gasteiger partial charge in [-0.3, -0.25) is 0 Å². The number of piperazine rings is 1. The summed E-state index contributed by atoms with van der Waals surface area (Å²) in [5.41, 5.74) is 1.44. The van der Waals surface area contributed by atoms with Crippen LogP contribution in [-0.2, 0) is 0 Å². The summed E-state index contributed by atoms with van der Waals surface area (Å²) in [6, 6.07) is 6.30. The standard InChI is InChI=1S/C14H21BrN2O/c1-4-14(2)10-17(8-7-16-14)11-5-6-12(15)13(9-11)18-3/h5-6,9,16H,4,7-8,10H2,1-3H3. The molecule has 1 aromatic carbocycles. The van der Waals surface area contributed by atoms with E-state index in [4.69, 9.17) is 4.74 Å². The van der Waals surface area contributed by atoms with Crippen molar-refractivity contribution < 1.29 is 4.74 Å². The highest BCUT2D eigenvalue weighted by Gasteiger charge is 2.28. The largest absolute Gasteiger partial charge is 0.495 e. The van der Waals surface area contributed by atoms with Gasteiger partial charge in [-0.05, 0) is 41.4 Å². The maximum Gasteiger partial charge on any atom is 0.135 e. The van der Waals surface area contributed by atoms with Crippen LogP contribution in [0.4, 0.5) is 5.69 Å². The zero-order chi connectivity index (χ0) is 13.2. The molecule has 1 N–H and O–H groups in total. The van der Waals surface area contributed by atoms with Crippen LogP contribution in [0.5, 0.6) is 5.75 Å². The fourth-order valence-corrected chi connectivity index (χ4v) is 2.76. The number of benzene rings is 1. The van der Waals surface area contributed by atoms with Gasteiger partial charge in [0.25, 0.3) is 0 Å². The third-order valence-electron chi connectivity index (χ3n) is 3.75. The highest BCUT2D eigenvalue weighted by atomic mass is 79.9. The molecule has 0 radical (unpaired) electrons. The van der Waals surface area contributed by atoms with Crippen LogP contribution in [0, 0.1) is 0 Å². The van der Waals surface area contributed by atoms with E-state index in [9.17, 15) is 0 Å². The molecule has 100 valence electrons. The Labute approximate surface area is 118 Å². The molecule has 0 saturated carbocycles. The summed E-state index contributed by atoms with van der Waals surface area (Å²) in [7, 11) is 1.71. The number of methoxy groups -OCH3 is 1. The summed E-state index contributed by atoms with van der Waals surface area (Å²) in [5.74, 6) is 0.893. The van der Waals surface area contributed by atoms with Crippen molar-refractivity contribution in [2.24, 2.45) is 0 Å². The second kappa shape index (κ2) is 5.49. The second-order valence-corrected chi connectivity index (χ2v) is 5.94. The lowest BCUT2D eigenvalue weighted by Gasteiger charge is -2.42. The summed E-state index contributed by atoms with van der Waals surface area (Å²) in [5, 5.41) is 3.60. The van der Waals surface area contributed by atoms with Crippen molar-refractivity contribution in [1.29, 1.82) is 0 Å². The molecule has 1 heterocycles. The molecule has 1 aromatic rings. The van der Waals surface area contributed by atoms with Crippen molar-refractivity contribution in [3.8, 4) is 5.75 Å². The highest BCUT2D eigenvalue weighted by Crippen LogP contribution is 2.31. The minimum Gasteiger partial charge on any atom is -0.495 e. The Bertz CT molecular complexity index is 424. The molecular formula is C14H21BrN2O. The Kier molecular flexibility index (Phi) is 4.17. The maximum absolute atomic E-state index is 5.37. The summed E-state index contributed by atoms with van der Waals surface area (Å²) in [4.78, 5) is 2.43. The monoisotopic (exact) mass is 312 g/mol. The predicted octanol–water partition coefficient (Wildman–Crippen LogP) is 3.04. The minimum absolute atomic E-state index is 0.207. The number of rotatable bonds is 3. The van der Waals surface area contributed by atoms with Crippen molar-refractivity contribution in [1.82, 2.24) is 5.32 Å². The third-order valence-corrected chi connectivity index (χ3v) is 4.41. The molecule has 3 nitrogen and oxygen atoms in total. The average molecular weight is 313 g/mol. The first-order valence-electron chi connectivity index (χ1n) is 6.41. The van der Waals surface area contributed by atoms with Gasteiger partial charge in [0.1, 0.15) is 5.75 Å². The van der Waals surface area contributed by atoms with Crippen LogP contribution in [-0.4, -0.2) is 32.3 Å². The smallest absolute Gasteiger partial charge is 0.135 e. The van der Waals surface area contributed by atoms with Crippen LogP contribution >= 0.6 is 15.9 Å². The first-order valence-corrected chi connectivity index (χ1v) is 7.21. The molecule has 0 amide bonds. The lowest BCUT2D eigenvalue weighted by Crippen LogP contribution is -2.58. The van der Waals surface area contributed by atoms with Crippen molar-refractivity contribution in [2.75, 3.05) is 31.6 Å². The molecule has 2 rings (SSSR count). The summed E-state index contributed by atoms with van der Waals surface area (Å²) in [6.07, 6.45) is 1.14. The summed E-state index contributed by atoms with van der Waals surface area (Å²) >= 11 is 3.49. The molecule has 1 saturated heterocycles. The van der Waals surface area contributed by atoms with E-state index in [1.807, 2.05) is 0 Å². The first-order chi connectivity index (χ1) is 8.58. The van der Waals surface area contributed by atoms with Gasteiger partial charge in [-0.1, -0.05) is 6.92 Å². The van der Waals surface area contributed by atoms with Crippen molar-refractivity contribution in [3.63, 3.8) is 0 Å². The lowest BCUT2D eigenvalue weighted by atomic mass is 9.95. The van der Waals surface area contributed by atoms with Gasteiger partial charge in [0.15, 0.2) is 0 Å². The minimum atomic E-state index is 0.207. The van der Waals surface area contributed by atoms with E-state index in [2.05, 4.69) is 58.2 Å². The van der Waals surface area contributed by atoms with Crippen molar-refractivity contribution >= 4 is 21.6 Å². The molecule has 4 heteroatoms. The number of nitrogens with one attached hydrogen (secondary N) is 1. The van der Waals surface area contributed by atoms with E-state index in [1.165, 1.54) is 5.69 Å². The number of hydrogen-bond acceptors (Lipinski definition) is 3. The number of ether oxygens (including phenoxy) is 1. The Hall–Kier alpha value is -0.740. The SMILES string of the molecule is CCC1(C)CN(c2ccc(Br)c(OC)c2)CCN1. The van der Waals surface area contributed by atoms with E-state index in [0.717, 1.165) is 36.3 Å². The molecule has 1 aliphatic heterocycles. The number of hydrogen-bond donors (Lipinski definition) is 1. The quantitative estimate of drug-likeness (QED) is 0.928. The topological polar surface area (TPSA) is 24.5 Å².